The van der Waals surface area contributed by atoms with Gasteiger partial charge in [-0.25, -0.2) is 9.59 Å². The first-order valence-corrected chi connectivity index (χ1v) is 8.29. The summed E-state index contributed by atoms with van der Waals surface area (Å²) >= 11 is 0. The molecule has 0 radical (unpaired) electrons. The summed E-state index contributed by atoms with van der Waals surface area (Å²) in [6.45, 7) is 4.17. The maximum atomic E-state index is 11.7. The predicted octanol–water partition coefficient (Wildman–Crippen LogP) is 2.35. The van der Waals surface area contributed by atoms with Crippen LogP contribution in [0.5, 0.6) is 0 Å². The number of primary amides is 1. The Bertz CT molecular complexity index is 603. The van der Waals surface area contributed by atoms with Gasteiger partial charge in [-0.3, -0.25) is 4.79 Å². The van der Waals surface area contributed by atoms with E-state index in [1.165, 1.54) is 7.11 Å². The van der Waals surface area contributed by atoms with Crippen molar-refractivity contribution in [1.82, 2.24) is 5.32 Å². The van der Waals surface area contributed by atoms with Gasteiger partial charge in [0.15, 0.2) is 0 Å². The van der Waals surface area contributed by atoms with Gasteiger partial charge >= 0.3 is 12.1 Å². The minimum Gasteiger partial charge on any atom is -0.465 e. The second-order valence-corrected chi connectivity index (χ2v) is 5.84. The van der Waals surface area contributed by atoms with Crippen LogP contribution in [0.4, 0.5) is 4.79 Å². The maximum Gasteiger partial charge on any atom is 0.407 e. The van der Waals surface area contributed by atoms with E-state index < -0.39 is 24.0 Å². The summed E-state index contributed by atoms with van der Waals surface area (Å²) < 4.78 is 9.70. The van der Waals surface area contributed by atoms with Crippen molar-refractivity contribution in [2.45, 2.75) is 45.1 Å². The van der Waals surface area contributed by atoms with Crippen LogP contribution in [0.1, 0.15) is 54.9 Å². The Morgan fingerprint density at radius 3 is 2.60 bits per heavy atom. The number of hydrogen-bond donors (Lipinski definition) is 2. The molecule has 7 nitrogen and oxygen atoms in total. The molecule has 2 unspecified atom stereocenters. The van der Waals surface area contributed by atoms with Gasteiger partial charge in [0.05, 0.1) is 19.3 Å². The molecule has 0 saturated carbocycles. The largest absolute Gasteiger partial charge is 0.465 e. The highest BCUT2D eigenvalue weighted by molar-refractivity contribution is 5.89. The van der Waals surface area contributed by atoms with E-state index in [0.717, 1.165) is 18.4 Å². The van der Waals surface area contributed by atoms with Crippen molar-refractivity contribution in [2.75, 3.05) is 13.7 Å². The molecule has 0 heterocycles. The molecule has 7 heteroatoms. The zero-order valence-electron chi connectivity index (χ0n) is 14.9. The smallest absolute Gasteiger partial charge is 0.407 e. The highest BCUT2D eigenvalue weighted by Gasteiger charge is 2.22. The van der Waals surface area contributed by atoms with Crippen molar-refractivity contribution >= 4 is 18.0 Å². The number of nitrogens with two attached hydrogens (primary N) is 1. The number of nitrogens with one attached hydrogen (secondary N) is 1. The van der Waals surface area contributed by atoms with Crippen LogP contribution in [0, 0.1) is 0 Å². The van der Waals surface area contributed by atoms with Crippen LogP contribution < -0.4 is 11.1 Å². The number of unbranched alkanes of at least 4 members (excludes halogenated alkanes) is 1. The minimum absolute atomic E-state index is 0.113. The molecule has 0 aliphatic heterocycles. The van der Waals surface area contributed by atoms with E-state index in [4.69, 9.17) is 15.2 Å². The maximum absolute atomic E-state index is 11.7. The van der Waals surface area contributed by atoms with E-state index in [0.29, 0.717) is 18.6 Å². The predicted molar refractivity (Wildman–Crippen MR) is 93.2 cm³/mol. The minimum atomic E-state index is -0.856. The standard InChI is InChI=1S/C18H26N2O5/c1-4-5-9-25-18(23)20-15(16(19)21)10-12(2)13-7-6-8-14(11-13)17(22)24-3/h6-8,11-12,15H,4-5,9-10H2,1-3H3,(H2,19,21)(H,20,23). The molecule has 1 aromatic carbocycles. The van der Waals surface area contributed by atoms with Gasteiger partial charge in [-0.1, -0.05) is 32.4 Å². The highest BCUT2D eigenvalue weighted by Crippen LogP contribution is 2.22. The fraction of sp³-hybridized carbons (Fsp3) is 0.500. The lowest BCUT2D eigenvalue weighted by Gasteiger charge is -2.20. The first-order valence-electron chi connectivity index (χ1n) is 8.29. The Kier molecular flexibility index (Phi) is 8.46. The molecule has 3 N–H and O–H groups in total. The Morgan fingerprint density at radius 2 is 2.00 bits per heavy atom. The molecule has 0 aliphatic carbocycles. The van der Waals surface area contributed by atoms with E-state index in [-0.39, 0.29) is 5.92 Å². The van der Waals surface area contributed by atoms with Gasteiger partial charge in [0.1, 0.15) is 6.04 Å². The molecule has 0 aliphatic rings. The number of amides is 2. The summed E-state index contributed by atoms with van der Waals surface area (Å²) in [4.78, 5) is 35.0. The third-order valence-electron chi connectivity index (χ3n) is 3.83. The van der Waals surface area contributed by atoms with Crippen molar-refractivity contribution < 1.29 is 23.9 Å². The lowest BCUT2D eigenvalue weighted by atomic mass is 9.92. The quantitative estimate of drug-likeness (QED) is 0.525. The van der Waals surface area contributed by atoms with Gasteiger partial charge in [-0.15, -0.1) is 0 Å². The van der Waals surface area contributed by atoms with Gasteiger partial charge in [0, 0.05) is 0 Å². The highest BCUT2D eigenvalue weighted by atomic mass is 16.5. The Morgan fingerprint density at radius 1 is 1.28 bits per heavy atom. The molecule has 1 rings (SSSR count). The second kappa shape index (κ2) is 10.3. The van der Waals surface area contributed by atoms with E-state index in [1.807, 2.05) is 19.9 Å². The summed E-state index contributed by atoms with van der Waals surface area (Å²) in [7, 11) is 1.32. The average Bonchev–Trinajstić information content (AvgIpc) is 2.60. The number of hydrogen-bond acceptors (Lipinski definition) is 5. The zero-order chi connectivity index (χ0) is 18.8. The van der Waals surface area contributed by atoms with E-state index >= 15 is 0 Å². The van der Waals surface area contributed by atoms with Crippen molar-refractivity contribution in [3.05, 3.63) is 35.4 Å². The van der Waals surface area contributed by atoms with Gasteiger partial charge < -0.3 is 20.5 Å². The number of esters is 1. The van der Waals surface area contributed by atoms with E-state index in [1.54, 1.807) is 18.2 Å². The molecule has 0 fully saturated rings. The number of carbonyl (C=O) groups excluding carboxylic acids is 3. The van der Waals surface area contributed by atoms with Crippen molar-refractivity contribution in [1.29, 1.82) is 0 Å². The van der Waals surface area contributed by atoms with E-state index in [9.17, 15) is 14.4 Å². The molecule has 0 aromatic heterocycles. The average molecular weight is 350 g/mol. The molecule has 0 saturated heterocycles. The van der Waals surface area contributed by atoms with Gasteiger partial charge in [0.2, 0.25) is 5.91 Å². The molecule has 138 valence electrons. The van der Waals surface area contributed by atoms with E-state index in [2.05, 4.69) is 5.32 Å². The summed E-state index contributed by atoms with van der Waals surface area (Å²) in [5.41, 5.74) is 6.65. The SMILES string of the molecule is CCCCOC(=O)NC(CC(C)c1cccc(C(=O)OC)c1)C(N)=O. The van der Waals surface area contributed by atoms with Crippen LogP contribution in [0.15, 0.2) is 24.3 Å². The molecular formula is C18H26N2O5. The molecule has 2 amide bonds. The van der Waals surface area contributed by atoms with Crippen LogP contribution in [0.2, 0.25) is 0 Å². The molecule has 1 aromatic rings. The lowest BCUT2D eigenvalue weighted by molar-refractivity contribution is -0.120. The Labute approximate surface area is 147 Å². The van der Waals surface area contributed by atoms with Crippen molar-refractivity contribution in [3.8, 4) is 0 Å². The molecule has 25 heavy (non-hydrogen) atoms. The fourth-order valence-corrected chi connectivity index (χ4v) is 2.32. The van der Waals surface area contributed by atoms with Gasteiger partial charge in [-0.05, 0) is 36.5 Å². The van der Waals surface area contributed by atoms with Crippen LogP contribution in [0.3, 0.4) is 0 Å². The number of alkyl carbamates (subject to hydrolysis) is 1. The Balaban J connectivity index is 2.73. The third-order valence-corrected chi connectivity index (χ3v) is 3.83. The van der Waals surface area contributed by atoms with Crippen LogP contribution in [-0.2, 0) is 14.3 Å². The molecule has 0 spiro atoms. The fourth-order valence-electron chi connectivity index (χ4n) is 2.32. The summed E-state index contributed by atoms with van der Waals surface area (Å²) in [5, 5.41) is 2.50. The first kappa shape index (κ1) is 20.5. The number of methoxy groups -OCH3 is 1. The number of benzene rings is 1. The van der Waals surface area contributed by atoms with Gasteiger partial charge in [-0.2, -0.15) is 0 Å². The summed E-state index contributed by atoms with van der Waals surface area (Å²) in [6.07, 6.45) is 1.29. The molecular weight excluding hydrogens is 324 g/mol. The van der Waals surface area contributed by atoms with Crippen LogP contribution in [0.25, 0.3) is 0 Å². The van der Waals surface area contributed by atoms with Crippen molar-refractivity contribution in [2.24, 2.45) is 5.73 Å². The summed E-state index contributed by atoms with van der Waals surface area (Å²) in [5.74, 6) is -1.18. The summed E-state index contributed by atoms with van der Waals surface area (Å²) in [6, 6.07) is 6.08. The molecule has 2 atom stereocenters. The number of ether oxygens (including phenoxy) is 2. The molecule has 0 bridgehead atoms. The Hall–Kier alpha value is -2.57. The first-order chi connectivity index (χ1) is 11.9. The normalized spacial score (nSPS) is 12.8. The zero-order valence-corrected chi connectivity index (χ0v) is 14.9. The van der Waals surface area contributed by atoms with Crippen LogP contribution in [-0.4, -0.2) is 37.7 Å². The number of rotatable bonds is 9. The third kappa shape index (κ3) is 6.82. The number of carbonyl (C=O) groups is 3. The van der Waals surface area contributed by atoms with Gasteiger partial charge in [0.25, 0.3) is 0 Å². The second-order valence-electron chi connectivity index (χ2n) is 5.84. The monoisotopic (exact) mass is 350 g/mol. The lowest BCUT2D eigenvalue weighted by Crippen LogP contribution is -2.45. The topological polar surface area (TPSA) is 108 Å². The van der Waals surface area contributed by atoms with Crippen molar-refractivity contribution in [3.63, 3.8) is 0 Å². The van der Waals surface area contributed by atoms with Crippen LogP contribution >= 0.6 is 0 Å².